The predicted octanol–water partition coefficient (Wildman–Crippen LogP) is 5.41. The summed E-state index contributed by atoms with van der Waals surface area (Å²) in [6, 6.07) is 10.0. The van der Waals surface area contributed by atoms with Crippen molar-refractivity contribution < 1.29 is 27.2 Å². The fraction of sp³-hybridized carbons (Fsp3) is 0.0769. The van der Waals surface area contributed by atoms with Crippen molar-refractivity contribution in [1.82, 2.24) is 9.88 Å². The number of para-hydroxylation sites is 1. The first-order valence-corrected chi connectivity index (χ1v) is 10.8. The van der Waals surface area contributed by atoms with Gasteiger partial charge in [-0.2, -0.15) is 4.99 Å². The minimum absolute atomic E-state index is 0.0798. The summed E-state index contributed by atoms with van der Waals surface area (Å²) < 4.78 is 57.7. The van der Waals surface area contributed by atoms with E-state index < -0.39 is 40.9 Å². The van der Waals surface area contributed by atoms with Crippen molar-refractivity contribution in [2.75, 3.05) is 19.0 Å². The van der Waals surface area contributed by atoms with Gasteiger partial charge < -0.3 is 10.6 Å². The number of aromatic nitrogens is 1. The summed E-state index contributed by atoms with van der Waals surface area (Å²) in [6.07, 6.45) is 1.31. The average molecular weight is 509 g/mol. The molecule has 3 aromatic carbocycles. The molecule has 0 spiro atoms. The molecule has 0 radical (unpaired) electrons. The highest BCUT2D eigenvalue weighted by Crippen LogP contribution is 2.36. The van der Waals surface area contributed by atoms with Crippen LogP contribution in [0.2, 0.25) is 0 Å². The third kappa shape index (κ3) is 5.10. The van der Waals surface area contributed by atoms with Crippen molar-refractivity contribution in [3.8, 4) is 11.3 Å². The van der Waals surface area contributed by atoms with Crippen molar-refractivity contribution in [2.24, 2.45) is 10.7 Å². The van der Waals surface area contributed by atoms with Gasteiger partial charge in [-0.15, -0.1) is 0 Å². The average Bonchev–Trinajstić information content (AvgIpc) is 2.83. The molecule has 37 heavy (non-hydrogen) atoms. The van der Waals surface area contributed by atoms with E-state index in [9.17, 15) is 27.2 Å². The predicted molar refractivity (Wildman–Crippen MR) is 132 cm³/mol. The quantitative estimate of drug-likeness (QED) is 0.221. The van der Waals surface area contributed by atoms with Crippen LogP contribution in [0, 0.1) is 23.3 Å². The highest BCUT2D eigenvalue weighted by Gasteiger charge is 2.26. The first-order valence-electron chi connectivity index (χ1n) is 10.8. The van der Waals surface area contributed by atoms with Crippen LogP contribution >= 0.6 is 0 Å². The number of rotatable bonds is 5. The molecule has 0 aliphatic heterocycles. The topological polar surface area (TPSA) is 91.9 Å². The number of nitrogens with zero attached hydrogens (tertiary/aromatic N) is 4. The summed E-state index contributed by atoms with van der Waals surface area (Å²) in [4.78, 5) is 35.1. The molecule has 1 aromatic heterocycles. The summed E-state index contributed by atoms with van der Waals surface area (Å²) in [5, 5.41) is 0.554. The van der Waals surface area contributed by atoms with Gasteiger partial charge >= 0.3 is 6.03 Å². The summed E-state index contributed by atoms with van der Waals surface area (Å²) in [5.74, 6) is -4.96. The van der Waals surface area contributed by atoms with Gasteiger partial charge in [-0.1, -0.05) is 12.1 Å². The fourth-order valence-corrected chi connectivity index (χ4v) is 3.66. The molecule has 0 fully saturated rings. The molecule has 0 bridgehead atoms. The molecule has 7 nitrogen and oxygen atoms in total. The molecule has 0 aliphatic carbocycles. The van der Waals surface area contributed by atoms with Crippen LogP contribution in [0.3, 0.4) is 0 Å². The molecule has 4 aromatic rings. The van der Waals surface area contributed by atoms with E-state index in [0.29, 0.717) is 16.4 Å². The number of fused-ring (bicyclic) bond motifs is 1. The number of anilines is 2. The fourth-order valence-electron chi connectivity index (χ4n) is 3.66. The molecule has 0 saturated heterocycles. The maximum atomic E-state index is 14.8. The summed E-state index contributed by atoms with van der Waals surface area (Å²) in [5.41, 5.74) is 4.58. The molecule has 0 unspecified atom stereocenters. The Kier molecular flexibility index (Phi) is 6.87. The number of aliphatic imine (C=N–C) groups is 1. The maximum absolute atomic E-state index is 14.8. The highest BCUT2D eigenvalue weighted by atomic mass is 19.1. The minimum atomic E-state index is -1.27. The third-order valence-electron chi connectivity index (χ3n) is 5.27. The van der Waals surface area contributed by atoms with Crippen LogP contribution in [-0.4, -0.2) is 42.3 Å². The van der Waals surface area contributed by atoms with Gasteiger partial charge in [0.15, 0.2) is 0 Å². The van der Waals surface area contributed by atoms with Gasteiger partial charge in [-0.3, -0.25) is 4.79 Å². The maximum Gasteiger partial charge on any atom is 0.325 e. The number of primary amides is 1. The van der Waals surface area contributed by atoms with Crippen LogP contribution in [0.4, 0.5) is 33.9 Å². The van der Waals surface area contributed by atoms with Gasteiger partial charge in [0.2, 0.25) is 0 Å². The number of hydrogen-bond donors (Lipinski definition) is 1. The van der Waals surface area contributed by atoms with E-state index >= 15 is 0 Å². The standard InChI is InChI=1S/C26H19F4N5O2/c1-34(2)13-32-25(36)14-6-8-17-15(10-14)11-22(33-23(17)18-9-7-16(27)12-21(18)30)35(26(31)37)24-19(28)4-3-5-20(24)29/h3-13H,1-2H3,(H2,31,37)/b32-13+. The number of hydrogen-bond acceptors (Lipinski definition) is 3. The van der Waals surface area contributed by atoms with Crippen molar-refractivity contribution in [3.63, 3.8) is 0 Å². The number of halogens is 4. The van der Waals surface area contributed by atoms with Crippen molar-refractivity contribution in [1.29, 1.82) is 0 Å². The van der Waals surface area contributed by atoms with E-state index in [-0.39, 0.29) is 28.0 Å². The number of carbonyl (C=O) groups excluding carboxylic acids is 2. The van der Waals surface area contributed by atoms with Gasteiger partial charge in [0, 0.05) is 36.7 Å². The van der Waals surface area contributed by atoms with E-state index in [1.54, 1.807) is 19.0 Å². The SMILES string of the molecule is CN(C)/C=N/C(=O)c1ccc2c(-c3ccc(F)cc3F)nc(N(C(N)=O)c3c(F)cccc3F)cc2c1. The Bertz CT molecular complexity index is 1550. The second-order valence-corrected chi connectivity index (χ2v) is 8.15. The Balaban J connectivity index is 2.02. The molecule has 0 saturated carbocycles. The Labute approximate surface area is 208 Å². The summed E-state index contributed by atoms with van der Waals surface area (Å²) in [7, 11) is 3.36. The van der Waals surface area contributed by atoms with Crippen molar-refractivity contribution in [2.45, 2.75) is 0 Å². The zero-order valence-corrected chi connectivity index (χ0v) is 19.5. The molecule has 2 N–H and O–H groups in total. The van der Waals surface area contributed by atoms with E-state index in [4.69, 9.17) is 5.73 Å². The molecule has 11 heteroatoms. The van der Waals surface area contributed by atoms with Gasteiger partial charge in [0.1, 0.15) is 34.8 Å². The second-order valence-electron chi connectivity index (χ2n) is 8.15. The molecule has 3 amide bonds. The minimum Gasteiger partial charge on any atom is -0.369 e. The normalized spacial score (nSPS) is 11.2. The molecular formula is C26H19F4N5O2. The van der Waals surface area contributed by atoms with Crippen LogP contribution in [0.5, 0.6) is 0 Å². The van der Waals surface area contributed by atoms with E-state index in [0.717, 1.165) is 30.3 Å². The number of amides is 3. The molecule has 4 rings (SSSR count). The van der Waals surface area contributed by atoms with Crippen LogP contribution in [0.15, 0.2) is 65.7 Å². The summed E-state index contributed by atoms with van der Waals surface area (Å²) in [6.45, 7) is 0. The number of nitrogens with two attached hydrogens (primary N) is 1. The monoisotopic (exact) mass is 509 g/mol. The lowest BCUT2D eigenvalue weighted by Crippen LogP contribution is -2.33. The Morgan fingerprint density at radius 2 is 1.62 bits per heavy atom. The zero-order valence-electron chi connectivity index (χ0n) is 19.5. The van der Waals surface area contributed by atoms with Crippen LogP contribution in [-0.2, 0) is 0 Å². The van der Waals surface area contributed by atoms with E-state index in [1.807, 2.05) is 0 Å². The second kappa shape index (κ2) is 10.1. The first-order chi connectivity index (χ1) is 17.6. The van der Waals surface area contributed by atoms with Gasteiger partial charge in [-0.25, -0.2) is 32.2 Å². The first kappa shape index (κ1) is 25.3. The smallest absolute Gasteiger partial charge is 0.325 e. The molecular weight excluding hydrogens is 490 g/mol. The van der Waals surface area contributed by atoms with E-state index in [1.165, 1.54) is 30.6 Å². The Morgan fingerprint density at radius 1 is 0.919 bits per heavy atom. The lowest BCUT2D eigenvalue weighted by atomic mass is 10.0. The van der Waals surface area contributed by atoms with Crippen molar-refractivity contribution in [3.05, 3.63) is 89.5 Å². The van der Waals surface area contributed by atoms with Crippen LogP contribution in [0.1, 0.15) is 10.4 Å². The molecule has 0 aliphatic rings. The number of pyridine rings is 1. The lowest BCUT2D eigenvalue weighted by molar-refractivity contribution is 0.100. The van der Waals surface area contributed by atoms with Crippen molar-refractivity contribution >= 4 is 40.6 Å². The molecule has 188 valence electrons. The lowest BCUT2D eigenvalue weighted by Gasteiger charge is -2.22. The summed E-state index contributed by atoms with van der Waals surface area (Å²) >= 11 is 0. The van der Waals surface area contributed by atoms with E-state index in [2.05, 4.69) is 9.98 Å². The highest BCUT2D eigenvalue weighted by molar-refractivity contribution is 6.06. The van der Waals surface area contributed by atoms with Gasteiger partial charge in [0.05, 0.1) is 12.0 Å². The number of benzene rings is 3. The number of urea groups is 1. The number of carbonyl (C=O) groups is 2. The third-order valence-corrected chi connectivity index (χ3v) is 5.27. The molecule has 0 atom stereocenters. The largest absolute Gasteiger partial charge is 0.369 e. The Morgan fingerprint density at radius 3 is 2.24 bits per heavy atom. The van der Waals surface area contributed by atoms with Crippen LogP contribution in [0.25, 0.3) is 22.0 Å². The Hall–Kier alpha value is -4.80. The van der Waals surface area contributed by atoms with Crippen LogP contribution < -0.4 is 10.6 Å². The molecule has 1 heterocycles. The van der Waals surface area contributed by atoms with Gasteiger partial charge in [0.25, 0.3) is 5.91 Å². The van der Waals surface area contributed by atoms with Gasteiger partial charge in [-0.05, 0) is 47.9 Å². The zero-order chi connectivity index (χ0) is 26.9.